The predicted molar refractivity (Wildman–Crippen MR) is 68.6 cm³/mol. The highest BCUT2D eigenvalue weighted by Crippen LogP contribution is 2.23. The van der Waals surface area contributed by atoms with E-state index < -0.39 is 0 Å². The van der Waals surface area contributed by atoms with Crippen molar-refractivity contribution in [3.05, 3.63) is 11.3 Å². The number of rotatable bonds is 6. The summed E-state index contributed by atoms with van der Waals surface area (Å²) in [4.78, 5) is 2.39. The van der Waals surface area contributed by atoms with Gasteiger partial charge in [-0.15, -0.1) is 0 Å². The molecule has 0 aliphatic carbocycles. The minimum absolute atomic E-state index is 0.568. The molecule has 0 fully saturated rings. The predicted octanol–water partition coefficient (Wildman–Crippen LogP) is 1.81. The second kappa shape index (κ2) is 5.89. The fraction of sp³-hybridized carbons (Fsp3) is 0.750. The molecule has 0 bridgehead atoms. The molecular formula is C12H24N4. The Labute approximate surface area is 98.4 Å². The van der Waals surface area contributed by atoms with Gasteiger partial charge in [-0.05, 0) is 19.8 Å². The molecule has 1 aromatic heterocycles. The standard InChI is InChI=1S/C12H24N4/c1-5-7-16(8-6-2)12-11(9-13)10(3)14-15(12)4/h5-9,13H2,1-4H3. The Hall–Kier alpha value is -1.03. The quantitative estimate of drug-likeness (QED) is 0.801. The molecule has 0 amide bonds. The molecule has 1 rings (SSSR count). The van der Waals surface area contributed by atoms with Gasteiger partial charge < -0.3 is 10.6 Å². The Balaban J connectivity index is 3.06. The molecule has 0 radical (unpaired) electrons. The molecular weight excluding hydrogens is 200 g/mol. The molecule has 92 valence electrons. The largest absolute Gasteiger partial charge is 0.357 e. The summed E-state index contributed by atoms with van der Waals surface area (Å²) in [5.74, 6) is 1.20. The SMILES string of the molecule is CCCN(CCC)c1c(CN)c(C)nn1C. The van der Waals surface area contributed by atoms with Crippen LogP contribution in [0.15, 0.2) is 0 Å². The smallest absolute Gasteiger partial charge is 0.131 e. The fourth-order valence-corrected chi connectivity index (χ4v) is 2.19. The maximum atomic E-state index is 5.81. The van der Waals surface area contributed by atoms with Gasteiger partial charge in [-0.1, -0.05) is 13.8 Å². The van der Waals surface area contributed by atoms with Gasteiger partial charge in [-0.2, -0.15) is 5.10 Å². The molecule has 0 aliphatic rings. The van der Waals surface area contributed by atoms with Crippen molar-refractivity contribution in [3.8, 4) is 0 Å². The third kappa shape index (κ3) is 2.55. The highest BCUT2D eigenvalue weighted by atomic mass is 15.4. The van der Waals surface area contributed by atoms with Crippen molar-refractivity contribution in [3.63, 3.8) is 0 Å². The number of nitrogens with two attached hydrogens (primary N) is 1. The van der Waals surface area contributed by atoms with Crippen LogP contribution < -0.4 is 10.6 Å². The molecule has 1 aromatic rings. The second-order valence-electron chi connectivity index (χ2n) is 4.20. The fourth-order valence-electron chi connectivity index (χ4n) is 2.19. The van der Waals surface area contributed by atoms with Crippen molar-refractivity contribution in [2.75, 3.05) is 18.0 Å². The van der Waals surface area contributed by atoms with E-state index in [1.807, 2.05) is 18.7 Å². The lowest BCUT2D eigenvalue weighted by atomic mass is 10.2. The van der Waals surface area contributed by atoms with E-state index in [9.17, 15) is 0 Å². The highest BCUT2D eigenvalue weighted by Gasteiger charge is 2.16. The van der Waals surface area contributed by atoms with Crippen LogP contribution in [0, 0.1) is 6.92 Å². The van der Waals surface area contributed by atoms with Gasteiger partial charge >= 0.3 is 0 Å². The second-order valence-corrected chi connectivity index (χ2v) is 4.20. The molecule has 2 N–H and O–H groups in total. The van der Waals surface area contributed by atoms with E-state index >= 15 is 0 Å². The van der Waals surface area contributed by atoms with Crippen molar-refractivity contribution in [2.45, 2.75) is 40.2 Å². The molecule has 0 aliphatic heterocycles. The summed E-state index contributed by atoms with van der Waals surface area (Å²) in [7, 11) is 2.00. The molecule has 0 saturated carbocycles. The van der Waals surface area contributed by atoms with Gasteiger partial charge in [0.2, 0.25) is 0 Å². The molecule has 16 heavy (non-hydrogen) atoms. The van der Waals surface area contributed by atoms with E-state index in [0.29, 0.717) is 6.54 Å². The van der Waals surface area contributed by atoms with E-state index in [2.05, 4.69) is 23.8 Å². The first-order valence-electron chi connectivity index (χ1n) is 6.13. The average Bonchev–Trinajstić information content (AvgIpc) is 2.52. The summed E-state index contributed by atoms with van der Waals surface area (Å²) in [6.07, 6.45) is 2.29. The first kappa shape index (κ1) is 13.0. The van der Waals surface area contributed by atoms with Crippen LogP contribution in [-0.2, 0) is 13.6 Å². The zero-order valence-electron chi connectivity index (χ0n) is 11.0. The van der Waals surface area contributed by atoms with Crippen LogP contribution in [0.3, 0.4) is 0 Å². The Kier molecular flexibility index (Phi) is 4.80. The maximum absolute atomic E-state index is 5.81. The van der Waals surface area contributed by atoms with Gasteiger partial charge in [0.15, 0.2) is 0 Å². The van der Waals surface area contributed by atoms with Crippen LogP contribution in [0.2, 0.25) is 0 Å². The Morgan fingerprint density at radius 3 is 2.25 bits per heavy atom. The first-order chi connectivity index (χ1) is 7.65. The van der Waals surface area contributed by atoms with E-state index in [-0.39, 0.29) is 0 Å². The number of aromatic nitrogens is 2. The number of nitrogens with zero attached hydrogens (tertiary/aromatic N) is 3. The maximum Gasteiger partial charge on any atom is 0.131 e. The summed E-state index contributed by atoms with van der Waals surface area (Å²) in [6, 6.07) is 0. The number of hydrogen-bond donors (Lipinski definition) is 1. The van der Waals surface area contributed by atoms with Crippen LogP contribution >= 0.6 is 0 Å². The van der Waals surface area contributed by atoms with E-state index in [0.717, 1.165) is 31.6 Å². The highest BCUT2D eigenvalue weighted by molar-refractivity contribution is 5.50. The minimum Gasteiger partial charge on any atom is -0.357 e. The van der Waals surface area contributed by atoms with Gasteiger partial charge in [0.05, 0.1) is 5.69 Å². The summed E-state index contributed by atoms with van der Waals surface area (Å²) in [5.41, 5.74) is 8.05. The van der Waals surface area contributed by atoms with Crippen molar-refractivity contribution >= 4 is 5.82 Å². The monoisotopic (exact) mass is 224 g/mol. The van der Waals surface area contributed by atoms with Crippen LogP contribution in [0.4, 0.5) is 5.82 Å². The topological polar surface area (TPSA) is 47.1 Å². The first-order valence-corrected chi connectivity index (χ1v) is 6.13. The zero-order chi connectivity index (χ0) is 12.1. The third-order valence-electron chi connectivity index (χ3n) is 2.80. The van der Waals surface area contributed by atoms with Crippen LogP contribution in [0.1, 0.15) is 37.9 Å². The molecule has 4 heteroatoms. The van der Waals surface area contributed by atoms with Crippen molar-refractivity contribution in [2.24, 2.45) is 12.8 Å². The van der Waals surface area contributed by atoms with E-state index in [1.165, 1.54) is 11.4 Å². The third-order valence-corrected chi connectivity index (χ3v) is 2.80. The van der Waals surface area contributed by atoms with Crippen LogP contribution in [0.5, 0.6) is 0 Å². The molecule has 0 saturated heterocycles. The Morgan fingerprint density at radius 1 is 1.25 bits per heavy atom. The Morgan fingerprint density at radius 2 is 1.81 bits per heavy atom. The summed E-state index contributed by atoms with van der Waals surface area (Å²) >= 11 is 0. The number of aryl methyl sites for hydroxylation is 2. The molecule has 4 nitrogen and oxygen atoms in total. The summed E-state index contributed by atoms with van der Waals surface area (Å²) < 4.78 is 1.96. The van der Waals surface area contributed by atoms with Crippen LogP contribution in [0.25, 0.3) is 0 Å². The lowest BCUT2D eigenvalue weighted by molar-refractivity contribution is 0.675. The van der Waals surface area contributed by atoms with Crippen molar-refractivity contribution < 1.29 is 0 Å². The minimum atomic E-state index is 0.568. The van der Waals surface area contributed by atoms with Gasteiger partial charge in [0.1, 0.15) is 5.82 Å². The molecule has 0 unspecified atom stereocenters. The van der Waals surface area contributed by atoms with Gasteiger partial charge in [0.25, 0.3) is 0 Å². The average molecular weight is 224 g/mol. The van der Waals surface area contributed by atoms with Gasteiger partial charge in [0, 0.05) is 32.2 Å². The Bertz CT molecular complexity index is 324. The van der Waals surface area contributed by atoms with E-state index in [1.54, 1.807) is 0 Å². The van der Waals surface area contributed by atoms with Gasteiger partial charge in [-0.25, -0.2) is 0 Å². The van der Waals surface area contributed by atoms with Gasteiger partial charge in [-0.3, -0.25) is 4.68 Å². The number of anilines is 1. The van der Waals surface area contributed by atoms with Crippen LogP contribution in [-0.4, -0.2) is 22.9 Å². The van der Waals surface area contributed by atoms with Crippen molar-refractivity contribution in [1.29, 1.82) is 0 Å². The lowest BCUT2D eigenvalue weighted by Crippen LogP contribution is -2.28. The zero-order valence-corrected chi connectivity index (χ0v) is 11.0. The molecule has 0 atom stereocenters. The summed E-state index contributed by atoms with van der Waals surface area (Å²) in [5, 5.41) is 4.46. The molecule has 0 spiro atoms. The summed E-state index contributed by atoms with van der Waals surface area (Å²) in [6.45, 7) is 9.14. The number of hydrogen-bond acceptors (Lipinski definition) is 3. The molecule has 1 heterocycles. The normalized spacial score (nSPS) is 10.8. The molecule has 0 aromatic carbocycles. The lowest BCUT2D eigenvalue weighted by Gasteiger charge is -2.24. The van der Waals surface area contributed by atoms with E-state index in [4.69, 9.17) is 5.73 Å². The van der Waals surface area contributed by atoms with Crippen molar-refractivity contribution in [1.82, 2.24) is 9.78 Å².